The van der Waals surface area contributed by atoms with Crippen molar-refractivity contribution in [2.24, 2.45) is 0 Å². The number of hydrogen-bond acceptors (Lipinski definition) is 8. The van der Waals surface area contributed by atoms with Crippen LogP contribution in [0.4, 0.5) is 34.1 Å². The van der Waals surface area contributed by atoms with Crippen molar-refractivity contribution in [3.05, 3.63) is 461 Å². The van der Waals surface area contributed by atoms with Crippen molar-refractivity contribution in [3.63, 3.8) is 0 Å². The summed E-state index contributed by atoms with van der Waals surface area (Å²) in [7, 11) is 0. The third kappa shape index (κ3) is 13.8. The van der Waals surface area contributed by atoms with Gasteiger partial charge in [-0.1, -0.05) is 289 Å². The van der Waals surface area contributed by atoms with E-state index >= 15 is 0 Å². The van der Waals surface area contributed by atoms with E-state index < -0.39 is 0 Å². The van der Waals surface area contributed by atoms with Crippen LogP contribution in [0.25, 0.3) is 188 Å². The fourth-order valence-corrected chi connectivity index (χ4v) is 18.1. The van der Waals surface area contributed by atoms with E-state index in [0.717, 1.165) is 89.8 Å². The van der Waals surface area contributed by atoms with Gasteiger partial charge in [0.05, 0.1) is 22.1 Å². The monoisotopic (exact) mass is 1610 g/mol. The maximum absolute atomic E-state index is 5.70. The lowest BCUT2D eigenvalue weighted by Gasteiger charge is -2.26. The molecule has 10 nitrogen and oxygen atoms in total. The molecular formula is C116H76N8O2. The second-order valence-electron chi connectivity index (χ2n) is 31.8. The lowest BCUT2D eigenvalue weighted by molar-refractivity contribution is 0.432. The lowest BCUT2D eigenvalue weighted by Crippen LogP contribution is -2.10. The predicted molar refractivity (Wildman–Crippen MR) is 520 cm³/mol. The number of nitrogens with zero attached hydrogens (tertiary/aromatic N) is 8. The quantitative estimate of drug-likeness (QED) is 0.0944. The van der Waals surface area contributed by atoms with Gasteiger partial charge in [-0.3, -0.25) is 0 Å². The minimum Gasteiger partial charge on any atom is -0.334 e. The third-order valence-electron chi connectivity index (χ3n) is 24.3. The second kappa shape index (κ2) is 31.8. The number of rotatable bonds is 16. The third-order valence-corrected chi connectivity index (χ3v) is 24.3. The maximum Gasteiger partial charge on any atom is 0.258 e. The summed E-state index contributed by atoms with van der Waals surface area (Å²) in [5, 5.41) is 23.3. The number of benzene rings is 20. The van der Waals surface area contributed by atoms with Crippen molar-refractivity contribution < 1.29 is 9.05 Å². The highest BCUT2D eigenvalue weighted by molar-refractivity contribution is 6.15. The zero-order valence-electron chi connectivity index (χ0n) is 68.3. The molecule has 10 heteroatoms. The Bertz CT molecular complexity index is 7910. The van der Waals surface area contributed by atoms with Gasteiger partial charge in [-0.25, -0.2) is 0 Å². The van der Waals surface area contributed by atoms with Crippen LogP contribution in [0.2, 0.25) is 0 Å². The zero-order valence-corrected chi connectivity index (χ0v) is 68.3. The Hall–Kier alpha value is -17.1. The van der Waals surface area contributed by atoms with Crippen molar-refractivity contribution in [1.82, 2.24) is 29.4 Å². The summed E-state index contributed by atoms with van der Waals surface area (Å²) in [5.41, 5.74) is 26.2. The summed E-state index contributed by atoms with van der Waals surface area (Å²) < 4.78 is 16.2. The summed E-state index contributed by atoms with van der Waals surface area (Å²) in [4.78, 5) is 13.9. The minimum absolute atomic E-state index is 0.482. The summed E-state index contributed by atoms with van der Waals surface area (Å²) in [6, 6.07) is 164. The fraction of sp³-hybridized carbons (Fsp3) is 0. The van der Waals surface area contributed by atoms with Crippen LogP contribution in [-0.2, 0) is 0 Å². The molecule has 0 aliphatic rings. The molecule has 0 aliphatic heterocycles. The molecule has 0 saturated carbocycles. The van der Waals surface area contributed by atoms with Crippen molar-refractivity contribution in [2.75, 3.05) is 9.80 Å². The average molecular weight is 1610 g/mol. The first-order valence-electron chi connectivity index (χ1n) is 42.5. The molecule has 4 aromatic heterocycles. The molecule has 20 aromatic carbocycles. The molecule has 0 radical (unpaired) electrons. The molecule has 0 amide bonds. The van der Waals surface area contributed by atoms with Crippen LogP contribution in [0.1, 0.15) is 0 Å². The molecular weight excluding hydrogens is 1540 g/mol. The van der Waals surface area contributed by atoms with Crippen LogP contribution in [0.15, 0.2) is 470 Å². The predicted octanol–water partition coefficient (Wildman–Crippen LogP) is 31.2. The van der Waals surface area contributed by atoms with Gasteiger partial charge < -0.3 is 28.0 Å². The van der Waals surface area contributed by atoms with E-state index in [1.54, 1.807) is 0 Å². The van der Waals surface area contributed by atoms with E-state index in [-0.39, 0.29) is 0 Å². The largest absolute Gasteiger partial charge is 0.334 e. The molecule has 126 heavy (non-hydrogen) atoms. The van der Waals surface area contributed by atoms with Gasteiger partial charge in [0.2, 0.25) is 11.6 Å². The number of anilines is 6. The minimum atomic E-state index is 0.482. The Morgan fingerprint density at radius 2 is 0.460 bits per heavy atom. The van der Waals surface area contributed by atoms with Gasteiger partial charge in [-0.15, -0.1) is 0 Å². The van der Waals surface area contributed by atoms with Gasteiger partial charge in [-0.05, 0) is 270 Å². The zero-order chi connectivity index (χ0) is 83.4. The van der Waals surface area contributed by atoms with Gasteiger partial charge in [-0.2, -0.15) is 9.97 Å². The number of aromatic nitrogens is 6. The van der Waals surface area contributed by atoms with E-state index in [1.807, 2.05) is 97.1 Å². The average Bonchev–Trinajstić information content (AvgIpc) is 1.58. The molecule has 0 unspecified atom stereocenters. The molecule has 24 aromatic rings. The summed E-state index contributed by atoms with van der Waals surface area (Å²) in [5.74, 6) is 2.10. The smallest absolute Gasteiger partial charge is 0.258 e. The highest BCUT2D eigenvalue weighted by atomic mass is 16.5. The molecule has 0 spiro atoms. The Balaban J connectivity index is 0.000000145. The van der Waals surface area contributed by atoms with Crippen LogP contribution < -0.4 is 9.80 Å². The molecule has 0 fully saturated rings. The molecule has 0 bridgehead atoms. The van der Waals surface area contributed by atoms with Crippen LogP contribution in [0, 0.1) is 0 Å². The van der Waals surface area contributed by atoms with Crippen LogP contribution in [-0.4, -0.2) is 29.4 Å². The summed E-state index contributed by atoms with van der Waals surface area (Å²) in [6.07, 6.45) is 0. The highest BCUT2D eigenvalue weighted by Crippen LogP contribution is 2.45. The van der Waals surface area contributed by atoms with E-state index in [1.165, 1.54) is 109 Å². The van der Waals surface area contributed by atoms with Crippen molar-refractivity contribution in [3.8, 4) is 102 Å². The molecule has 4 heterocycles. The van der Waals surface area contributed by atoms with Crippen LogP contribution >= 0.6 is 0 Å². The van der Waals surface area contributed by atoms with Crippen molar-refractivity contribution in [2.45, 2.75) is 0 Å². The van der Waals surface area contributed by atoms with Gasteiger partial charge >= 0.3 is 0 Å². The van der Waals surface area contributed by atoms with Crippen LogP contribution in [0.5, 0.6) is 0 Å². The summed E-state index contributed by atoms with van der Waals surface area (Å²) in [6.45, 7) is 0. The molecule has 0 aliphatic carbocycles. The maximum atomic E-state index is 5.70. The lowest BCUT2D eigenvalue weighted by atomic mass is 9.95. The Morgan fingerprint density at radius 3 is 0.841 bits per heavy atom. The first kappa shape index (κ1) is 74.0. The number of fused-ring (bicyclic) bond motifs is 10. The SMILES string of the molecule is c1ccc(-c2noc(-c3ccc(N(c4ccccc4)c4ccc(-n5c6ccc(-c7ccc8ccccc8c7)cc6c6cc(-c7ccc8ccccc8c7)ccc65)cc4)cc3)n2)cc1.c1ccc(-c2noc(-c3ccc(N(c4ccccc4)c4ccc(-n5c6ccc(-c7cccc8ccccc78)cc6c6cc(-c7cccc8ccccc78)ccc65)cc4)cc3)n2)cc1. The Kier molecular flexibility index (Phi) is 18.7. The van der Waals surface area contributed by atoms with Gasteiger partial charge in [0.25, 0.3) is 11.8 Å². The van der Waals surface area contributed by atoms with E-state index in [4.69, 9.17) is 9.05 Å². The van der Waals surface area contributed by atoms with Crippen LogP contribution in [0.3, 0.4) is 0 Å². The standard InChI is InChI=1S/2C58H38N4O/c1-3-15-41(16-4-1)57-59-58(63-60-57)42-25-29-46(30-26-42)61(45-19-5-2-6-20-45)47-31-33-48(34-32-47)62-55-35-27-43(51-23-11-17-39-13-7-9-21-49(39)51)37-53(55)54-38-44(28-36-56(54)62)52-24-12-18-40-14-8-10-22-50(40)52;1-3-13-41(14-4-1)57-59-58(63-60-57)42-23-27-50(28-24-42)61(49-17-5-2-6-18-49)51-29-31-52(32-30-51)62-55-33-25-47(45-21-19-39-11-7-9-15-43(39)35-45)37-53(55)54-38-48(26-34-56(54)62)46-22-20-40-12-8-10-16-44(40)36-46/h2*1-38H. The molecule has 0 atom stereocenters. The normalized spacial score (nSPS) is 11.5. The molecule has 24 rings (SSSR count). The number of hydrogen-bond donors (Lipinski definition) is 0. The van der Waals surface area contributed by atoms with E-state index in [9.17, 15) is 0 Å². The Morgan fingerprint density at radius 1 is 0.183 bits per heavy atom. The topological polar surface area (TPSA) is 94.2 Å². The van der Waals surface area contributed by atoms with Crippen molar-refractivity contribution >= 4 is 121 Å². The van der Waals surface area contributed by atoms with E-state index in [0.29, 0.717) is 23.4 Å². The molecule has 592 valence electrons. The highest BCUT2D eigenvalue weighted by Gasteiger charge is 2.23. The first-order chi connectivity index (χ1) is 62.4. The molecule has 0 N–H and O–H groups in total. The fourth-order valence-electron chi connectivity index (χ4n) is 18.1. The van der Waals surface area contributed by atoms with Gasteiger partial charge in [0.1, 0.15) is 0 Å². The second-order valence-corrected chi connectivity index (χ2v) is 31.8. The first-order valence-corrected chi connectivity index (χ1v) is 42.5. The number of para-hydroxylation sites is 2. The van der Waals surface area contributed by atoms with Crippen molar-refractivity contribution in [1.29, 1.82) is 0 Å². The van der Waals surface area contributed by atoms with E-state index in [2.05, 4.69) is 403 Å². The molecule has 0 saturated heterocycles. The van der Waals surface area contributed by atoms with Gasteiger partial charge in [0.15, 0.2) is 0 Å². The van der Waals surface area contributed by atoms with Gasteiger partial charge in [0, 0.05) is 89.3 Å². The summed E-state index contributed by atoms with van der Waals surface area (Å²) >= 11 is 0. The Labute approximate surface area is 726 Å².